The van der Waals surface area contributed by atoms with Crippen molar-refractivity contribution in [3.63, 3.8) is 0 Å². The standard InChI is InChI=1S/C20H14FN3O2/c21-14-6-11-19-23-18(13-24(19)12-14)20(25)22-15-7-9-17(10-8-15)26-16-4-2-1-3-5-16/h1-13H,(H,22,25). The number of rotatable bonds is 4. The van der Waals surface area contributed by atoms with Crippen LogP contribution in [0.5, 0.6) is 11.5 Å². The van der Waals surface area contributed by atoms with Crippen molar-refractivity contribution in [2.75, 3.05) is 5.32 Å². The van der Waals surface area contributed by atoms with Crippen LogP contribution >= 0.6 is 0 Å². The molecule has 0 unspecified atom stereocenters. The summed E-state index contributed by atoms with van der Waals surface area (Å²) in [7, 11) is 0. The molecule has 0 aliphatic heterocycles. The van der Waals surface area contributed by atoms with Crippen molar-refractivity contribution in [2.24, 2.45) is 0 Å². The summed E-state index contributed by atoms with van der Waals surface area (Å²) < 4.78 is 20.4. The fourth-order valence-electron chi connectivity index (χ4n) is 2.50. The molecular weight excluding hydrogens is 333 g/mol. The minimum Gasteiger partial charge on any atom is -0.457 e. The quantitative estimate of drug-likeness (QED) is 0.591. The van der Waals surface area contributed by atoms with Gasteiger partial charge in [0.2, 0.25) is 0 Å². The number of amides is 1. The van der Waals surface area contributed by atoms with E-state index in [1.165, 1.54) is 28.9 Å². The first kappa shape index (κ1) is 15.8. The number of aromatic nitrogens is 2. The number of nitrogens with zero attached hydrogens (tertiary/aromatic N) is 2. The van der Waals surface area contributed by atoms with Gasteiger partial charge in [0.25, 0.3) is 5.91 Å². The van der Waals surface area contributed by atoms with Crippen LogP contribution in [0.25, 0.3) is 5.65 Å². The first-order valence-electron chi connectivity index (χ1n) is 7.96. The SMILES string of the molecule is O=C(Nc1ccc(Oc2ccccc2)cc1)c1cn2cc(F)ccc2n1. The van der Waals surface area contributed by atoms with Gasteiger partial charge in [-0.05, 0) is 48.5 Å². The molecule has 2 aromatic carbocycles. The van der Waals surface area contributed by atoms with Gasteiger partial charge < -0.3 is 14.5 Å². The highest BCUT2D eigenvalue weighted by molar-refractivity contribution is 6.03. The Balaban J connectivity index is 1.46. The number of halogens is 1. The van der Waals surface area contributed by atoms with Gasteiger partial charge in [0.05, 0.1) is 0 Å². The Bertz CT molecular complexity index is 1060. The van der Waals surface area contributed by atoms with Crippen molar-refractivity contribution in [1.29, 1.82) is 0 Å². The highest BCUT2D eigenvalue weighted by Gasteiger charge is 2.11. The van der Waals surface area contributed by atoms with Crippen molar-refractivity contribution >= 4 is 17.2 Å². The maximum absolute atomic E-state index is 13.2. The lowest BCUT2D eigenvalue weighted by Gasteiger charge is -2.07. The zero-order valence-electron chi connectivity index (χ0n) is 13.6. The molecule has 0 radical (unpaired) electrons. The summed E-state index contributed by atoms with van der Waals surface area (Å²) in [5.41, 5.74) is 1.32. The van der Waals surface area contributed by atoms with Gasteiger partial charge in [0.1, 0.15) is 28.7 Å². The van der Waals surface area contributed by atoms with E-state index in [0.29, 0.717) is 17.1 Å². The molecule has 4 aromatic rings. The van der Waals surface area contributed by atoms with Gasteiger partial charge in [-0.25, -0.2) is 9.37 Å². The van der Waals surface area contributed by atoms with Crippen LogP contribution in [-0.2, 0) is 0 Å². The van der Waals surface area contributed by atoms with Gasteiger partial charge in [-0.3, -0.25) is 4.79 Å². The summed E-state index contributed by atoms with van der Waals surface area (Å²) >= 11 is 0. The number of carbonyl (C=O) groups is 1. The van der Waals surface area contributed by atoms with Crippen molar-refractivity contribution in [2.45, 2.75) is 0 Å². The first-order chi connectivity index (χ1) is 12.7. The maximum atomic E-state index is 13.2. The lowest BCUT2D eigenvalue weighted by molar-refractivity contribution is 0.102. The van der Waals surface area contributed by atoms with Crippen LogP contribution in [0, 0.1) is 5.82 Å². The van der Waals surface area contributed by atoms with Crippen molar-refractivity contribution in [1.82, 2.24) is 9.38 Å². The van der Waals surface area contributed by atoms with Crippen molar-refractivity contribution < 1.29 is 13.9 Å². The summed E-state index contributed by atoms with van der Waals surface area (Å²) in [5, 5.41) is 2.76. The number of pyridine rings is 1. The Kier molecular flexibility index (Phi) is 4.07. The number of fused-ring (bicyclic) bond motifs is 1. The van der Waals surface area contributed by atoms with Crippen LogP contribution in [-0.4, -0.2) is 15.3 Å². The van der Waals surface area contributed by atoms with E-state index in [0.717, 1.165) is 5.75 Å². The molecule has 4 rings (SSSR count). The van der Waals surface area contributed by atoms with Crippen molar-refractivity contribution in [3.05, 3.63) is 90.6 Å². The number of anilines is 1. The number of hydrogen-bond acceptors (Lipinski definition) is 3. The molecule has 2 aromatic heterocycles. The third-order valence-electron chi connectivity index (χ3n) is 3.74. The average molecular weight is 347 g/mol. The highest BCUT2D eigenvalue weighted by atomic mass is 19.1. The Labute approximate surface area is 148 Å². The normalized spacial score (nSPS) is 10.7. The fourth-order valence-corrected chi connectivity index (χ4v) is 2.50. The molecule has 0 spiro atoms. The van der Waals surface area contributed by atoms with Crippen LogP contribution in [0.15, 0.2) is 79.1 Å². The van der Waals surface area contributed by atoms with Gasteiger partial charge in [-0.2, -0.15) is 0 Å². The molecule has 1 amide bonds. The zero-order valence-corrected chi connectivity index (χ0v) is 13.6. The molecule has 0 bridgehead atoms. The van der Waals surface area contributed by atoms with E-state index in [1.807, 2.05) is 30.3 Å². The summed E-state index contributed by atoms with van der Waals surface area (Å²) in [5.74, 6) is 0.639. The second-order valence-electron chi connectivity index (χ2n) is 5.63. The molecular formula is C20H14FN3O2. The lowest BCUT2D eigenvalue weighted by Crippen LogP contribution is -2.12. The number of benzene rings is 2. The summed E-state index contributed by atoms with van der Waals surface area (Å²) in [4.78, 5) is 16.5. The van der Waals surface area contributed by atoms with E-state index in [2.05, 4.69) is 10.3 Å². The van der Waals surface area contributed by atoms with Crippen LogP contribution in [0.1, 0.15) is 10.5 Å². The van der Waals surface area contributed by atoms with Gasteiger partial charge in [-0.15, -0.1) is 0 Å². The van der Waals surface area contributed by atoms with Gasteiger partial charge >= 0.3 is 0 Å². The summed E-state index contributed by atoms with van der Waals surface area (Å²) in [6.45, 7) is 0. The molecule has 0 saturated carbocycles. The Morgan fingerprint density at radius 2 is 1.65 bits per heavy atom. The molecule has 2 heterocycles. The molecule has 0 fully saturated rings. The van der Waals surface area contributed by atoms with E-state index in [9.17, 15) is 9.18 Å². The van der Waals surface area contributed by atoms with Crippen LogP contribution in [0.2, 0.25) is 0 Å². The number of nitrogens with one attached hydrogen (secondary N) is 1. The molecule has 1 N–H and O–H groups in total. The van der Waals surface area contributed by atoms with E-state index in [1.54, 1.807) is 24.3 Å². The second kappa shape index (κ2) is 6.68. The molecule has 6 heteroatoms. The Morgan fingerprint density at radius 3 is 2.42 bits per heavy atom. The number of carbonyl (C=O) groups excluding carboxylic acids is 1. The number of imidazole rings is 1. The minimum atomic E-state index is -0.393. The zero-order chi connectivity index (χ0) is 17.9. The molecule has 5 nitrogen and oxygen atoms in total. The molecule has 0 aliphatic rings. The van der Waals surface area contributed by atoms with Crippen LogP contribution in [0.3, 0.4) is 0 Å². The summed E-state index contributed by atoms with van der Waals surface area (Å²) in [6, 6.07) is 19.3. The number of hydrogen-bond donors (Lipinski definition) is 1. The topological polar surface area (TPSA) is 55.6 Å². The Morgan fingerprint density at radius 1 is 0.923 bits per heavy atom. The first-order valence-corrected chi connectivity index (χ1v) is 7.96. The largest absolute Gasteiger partial charge is 0.457 e. The predicted molar refractivity (Wildman–Crippen MR) is 96.1 cm³/mol. The van der Waals surface area contributed by atoms with E-state index in [-0.39, 0.29) is 11.6 Å². The van der Waals surface area contributed by atoms with Gasteiger partial charge in [-0.1, -0.05) is 18.2 Å². The third-order valence-corrected chi connectivity index (χ3v) is 3.74. The molecule has 128 valence electrons. The molecule has 0 aliphatic carbocycles. The van der Waals surface area contributed by atoms with Gasteiger partial charge in [0.15, 0.2) is 0 Å². The second-order valence-corrected chi connectivity index (χ2v) is 5.63. The lowest BCUT2D eigenvalue weighted by atomic mass is 10.3. The summed E-state index contributed by atoms with van der Waals surface area (Å²) in [6.07, 6.45) is 2.76. The molecule has 0 saturated heterocycles. The van der Waals surface area contributed by atoms with Crippen LogP contribution in [0.4, 0.5) is 10.1 Å². The highest BCUT2D eigenvalue weighted by Crippen LogP contribution is 2.22. The van der Waals surface area contributed by atoms with Crippen LogP contribution < -0.4 is 10.1 Å². The Hall–Kier alpha value is -3.67. The average Bonchev–Trinajstić information content (AvgIpc) is 3.07. The van der Waals surface area contributed by atoms with E-state index >= 15 is 0 Å². The molecule has 0 atom stereocenters. The minimum absolute atomic E-state index is 0.209. The third kappa shape index (κ3) is 3.39. The fraction of sp³-hybridized carbons (Fsp3) is 0. The monoisotopic (exact) mass is 347 g/mol. The van der Waals surface area contributed by atoms with E-state index < -0.39 is 5.82 Å². The predicted octanol–water partition coefficient (Wildman–Crippen LogP) is 4.52. The maximum Gasteiger partial charge on any atom is 0.275 e. The smallest absolute Gasteiger partial charge is 0.275 e. The van der Waals surface area contributed by atoms with Crippen molar-refractivity contribution in [3.8, 4) is 11.5 Å². The van der Waals surface area contributed by atoms with E-state index in [4.69, 9.17) is 4.74 Å². The number of para-hydroxylation sites is 1. The van der Waals surface area contributed by atoms with Gasteiger partial charge in [0, 0.05) is 18.1 Å². The number of ether oxygens (including phenoxy) is 1. The molecule has 26 heavy (non-hydrogen) atoms.